The van der Waals surface area contributed by atoms with Crippen LogP contribution in [0.5, 0.6) is 0 Å². The molecule has 0 spiro atoms. The number of nitrogens with zero attached hydrogens (tertiary/aromatic N) is 1. The average molecular weight is 232 g/mol. The van der Waals surface area contributed by atoms with Gasteiger partial charge in [-0.25, -0.2) is 0 Å². The van der Waals surface area contributed by atoms with Gasteiger partial charge in [0.05, 0.1) is 19.6 Å². The van der Waals surface area contributed by atoms with E-state index in [-0.39, 0.29) is 10.2 Å². The van der Waals surface area contributed by atoms with Gasteiger partial charge in [-0.3, -0.25) is 9.28 Å². The number of carbonyl (C=O) groups is 1. The molecule has 0 aromatic carbocycles. The molecule has 1 heterocycles. The zero-order chi connectivity index (χ0) is 12.0. The number of aliphatic hydroxyl groups is 1. The number of likely N-dealkylation sites (tertiary alicyclic amines) is 1. The maximum atomic E-state index is 13.0. The summed E-state index contributed by atoms with van der Waals surface area (Å²) in [4.78, 5) is 11.4. The molecule has 1 fully saturated rings. The first-order valence-electron chi connectivity index (χ1n) is 5.69. The Kier molecular flexibility index (Phi) is 2.53. The average Bonchev–Trinajstić information content (AvgIpc) is 2.30. The van der Waals surface area contributed by atoms with Gasteiger partial charge in [-0.15, -0.1) is 0 Å². The van der Waals surface area contributed by atoms with Crippen molar-refractivity contribution in [3.8, 4) is 0 Å². The Morgan fingerprint density at radius 3 is 2.31 bits per heavy atom. The van der Waals surface area contributed by atoms with Crippen LogP contribution in [0.25, 0.3) is 0 Å². The molecule has 0 aromatic heterocycles. The van der Waals surface area contributed by atoms with E-state index in [9.17, 15) is 18.7 Å². The summed E-state index contributed by atoms with van der Waals surface area (Å²) in [5, 5.41) is 9.35. The smallest absolute Gasteiger partial charge is 0.377 e. The highest BCUT2D eigenvalue weighted by molar-refractivity contribution is 6.08. The highest BCUT2D eigenvalue weighted by Gasteiger charge is 2.65. The summed E-state index contributed by atoms with van der Waals surface area (Å²) in [5.41, 5.74) is -0.0489. The number of quaternary nitrogens is 1. The summed E-state index contributed by atoms with van der Waals surface area (Å²) in [5.74, 6) is -5.82. The van der Waals surface area contributed by atoms with E-state index in [4.69, 9.17) is 0 Å². The Bertz CT molecular complexity index is 357. The fourth-order valence-corrected chi connectivity index (χ4v) is 2.71. The van der Waals surface area contributed by atoms with Gasteiger partial charge in [0.1, 0.15) is 0 Å². The van der Waals surface area contributed by atoms with Crippen LogP contribution < -0.4 is 0 Å². The minimum Gasteiger partial charge on any atom is -0.502 e. The second-order valence-electron chi connectivity index (χ2n) is 4.57. The molecule has 2 aliphatic rings. The standard InChI is InChI=1S/C11H15F2NO2/c1-2-14(6-4-3-5-7-14)8-9(15)11(12,13)10(8)16/h2-7H2,1H3/p+1. The van der Waals surface area contributed by atoms with Crippen LogP contribution in [0.15, 0.2) is 11.5 Å². The van der Waals surface area contributed by atoms with Crippen LogP contribution >= 0.6 is 0 Å². The Hall–Kier alpha value is -0.970. The second kappa shape index (κ2) is 3.52. The molecule has 0 unspecified atom stereocenters. The molecule has 0 radical (unpaired) electrons. The Morgan fingerprint density at radius 1 is 1.31 bits per heavy atom. The van der Waals surface area contributed by atoms with Gasteiger partial charge in [-0.2, -0.15) is 8.78 Å². The molecule has 16 heavy (non-hydrogen) atoms. The molecule has 1 saturated heterocycles. The third kappa shape index (κ3) is 1.30. The molecule has 0 bridgehead atoms. The molecule has 1 aliphatic carbocycles. The number of aliphatic hydroxyl groups excluding tert-OH is 1. The summed E-state index contributed by atoms with van der Waals surface area (Å²) in [6, 6.07) is 0. The van der Waals surface area contributed by atoms with Crippen molar-refractivity contribution in [2.24, 2.45) is 0 Å². The minimum atomic E-state index is -3.63. The number of carbonyl (C=O) groups excluding carboxylic acids is 1. The highest BCUT2D eigenvalue weighted by atomic mass is 19.3. The topological polar surface area (TPSA) is 37.3 Å². The second-order valence-corrected chi connectivity index (χ2v) is 4.57. The molecular weight excluding hydrogens is 216 g/mol. The summed E-state index contributed by atoms with van der Waals surface area (Å²) >= 11 is 0. The normalized spacial score (nSPS) is 27.8. The number of allylic oxidation sites excluding steroid dienone is 2. The van der Waals surface area contributed by atoms with E-state index >= 15 is 0 Å². The van der Waals surface area contributed by atoms with E-state index in [0.717, 1.165) is 19.3 Å². The maximum Gasteiger partial charge on any atom is 0.377 e. The number of hydrogen-bond donors (Lipinski definition) is 1. The first-order valence-corrected chi connectivity index (χ1v) is 5.69. The molecule has 1 N–H and O–H groups in total. The zero-order valence-corrected chi connectivity index (χ0v) is 9.30. The fourth-order valence-electron chi connectivity index (χ4n) is 2.71. The number of alkyl halides is 2. The summed E-state index contributed by atoms with van der Waals surface area (Å²) in [7, 11) is 0. The lowest BCUT2D eigenvalue weighted by molar-refractivity contribution is -0.893. The van der Waals surface area contributed by atoms with E-state index in [1.54, 1.807) is 0 Å². The fraction of sp³-hybridized carbons (Fsp3) is 0.727. The van der Waals surface area contributed by atoms with Crippen LogP contribution in [0.3, 0.4) is 0 Å². The van der Waals surface area contributed by atoms with Gasteiger partial charge >= 0.3 is 5.92 Å². The van der Waals surface area contributed by atoms with Crippen LogP contribution in [-0.4, -0.2) is 40.9 Å². The third-order valence-electron chi connectivity index (χ3n) is 3.77. The quantitative estimate of drug-likeness (QED) is 0.739. The number of Topliss-reactive ketones (excluding diaryl/α,β-unsaturated/α-hetero) is 1. The number of piperidine rings is 1. The van der Waals surface area contributed by atoms with Gasteiger partial charge in [0, 0.05) is 0 Å². The lowest BCUT2D eigenvalue weighted by Crippen LogP contribution is -2.61. The van der Waals surface area contributed by atoms with Gasteiger partial charge in [0.25, 0.3) is 5.78 Å². The number of ketones is 1. The Morgan fingerprint density at radius 2 is 1.88 bits per heavy atom. The van der Waals surface area contributed by atoms with E-state index in [1.807, 2.05) is 6.92 Å². The lowest BCUT2D eigenvalue weighted by Gasteiger charge is -2.44. The predicted octanol–water partition coefficient (Wildman–Crippen LogP) is 1.99. The zero-order valence-electron chi connectivity index (χ0n) is 9.30. The maximum absolute atomic E-state index is 13.0. The van der Waals surface area contributed by atoms with Crippen LogP contribution in [0, 0.1) is 0 Å². The first kappa shape index (κ1) is 11.5. The van der Waals surface area contributed by atoms with Crippen molar-refractivity contribution in [1.82, 2.24) is 0 Å². The van der Waals surface area contributed by atoms with Crippen molar-refractivity contribution in [1.29, 1.82) is 0 Å². The highest BCUT2D eigenvalue weighted by Crippen LogP contribution is 2.44. The number of halogens is 2. The van der Waals surface area contributed by atoms with Crippen molar-refractivity contribution >= 4 is 5.78 Å². The number of hydrogen-bond acceptors (Lipinski definition) is 2. The van der Waals surface area contributed by atoms with Gasteiger partial charge < -0.3 is 5.11 Å². The summed E-state index contributed by atoms with van der Waals surface area (Å²) in [6.45, 7) is 3.81. The Labute approximate surface area is 92.9 Å². The SMILES string of the molecule is CC[N+]1(C2=C(O)C(F)(F)C2=O)CCCCC1. The summed E-state index contributed by atoms with van der Waals surface area (Å²) < 4.78 is 26.2. The van der Waals surface area contributed by atoms with Crippen molar-refractivity contribution < 1.29 is 23.2 Å². The molecule has 0 amide bonds. The van der Waals surface area contributed by atoms with Crippen molar-refractivity contribution in [2.75, 3.05) is 19.6 Å². The van der Waals surface area contributed by atoms with Gasteiger partial charge in [0.2, 0.25) is 11.5 Å². The van der Waals surface area contributed by atoms with Crippen molar-refractivity contribution in [3.05, 3.63) is 11.5 Å². The third-order valence-corrected chi connectivity index (χ3v) is 3.77. The Balaban J connectivity index is 2.37. The molecule has 1 aliphatic heterocycles. The van der Waals surface area contributed by atoms with Crippen molar-refractivity contribution in [2.45, 2.75) is 32.1 Å². The molecule has 90 valence electrons. The monoisotopic (exact) mass is 232 g/mol. The largest absolute Gasteiger partial charge is 0.502 e. The van der Waals surface area contributed by atoms with E-state index < -0.39 is 17.5 Å². The molecule has 2 rings (SSSR count). The minimum absolute atomic E-state index is 0.0489. The molecule has 3 nitrogen and oxygen atoms in total. The number of likely N-dealkylation sites (N-methyl/N-ethyl adjacent to an activating group) is 1. The van der Waals surface area contributed by atoms with E-state index in [0.29, 0.717) is 19.6 Å². The predicted molar refractivity (Wildman–Crippen MR) is 54.0 cm³/mol. The molecule has 0 atom stereocenters. The van der Waals surface area contributed by atoms with Crippen LogP contribution in [0.1, 0.15) is 26.2 Å². The van der Waals surface area contributed by atoms with Crippen LogP contribution in [0.2, 0.25) is 0 Å². The van der Waals surface area contributed by atoms with E-state index in [1.165, 1.54) is 0 Å². The van der Waals surface area contributed by atoms with Crippen molar-refractivity contribution in [3.63, 3.8) is 0 Å². The first-order chi connectivity index (χ1) is 7.46. The summed E-state index contributed by atoms with van der Waals surface area (Å²) in [6.07, 6.45) is 2.91. The van der Waals surface area contributed by atoms with Crippen LogP contribution in [-0.2, 0) is 4.79 Å². The van der Waals surface area contributed by atoms with E-state index in [2.05, 4.69) is 0 Å². The molecule has 0 saturated carbocycles. The van der Waals surface area contributed by atoms with Gasteiger partial charge in [-0.05, 0) is 26.2 Å². The molecule has 5 heteroatoms. The molecule has 0 aromatic rings. The van der Waals surface area contributed by atoms with Crippen LogP contribution in [0.4, 0.5) is 8.78 Å². The molecular formula is C11H16F2NO2+. The lowest BCUT2D eigenvalue weighted by atomic mass is 9.90. The van der Waals surface area contributed by atoms with Gasteiger partial charge in [-0.1, -0.05) is 0 Å². The van der Waals surface area contributed by atoms with Gasteiger partial charge in [0.15, 0.2) is 0 Å². The number of rotatable bonds is 2.